The van der Waals surface area contributed by atoms with Crippen molar-refractivity contribution in [1.29, 1.82) is 0 Å². The summed E-state index contributed by atoms with van der Waals surface area (Å²) in [6.07, 6.45) is 0. The Labute approximate surface area is 201 Å². The van der Waals surface area contributed by atoms with Gasteiger partial charge in [0.15, 0.2) is 5.69 Å². The number of H-pyrrole nitrogens is 1. The number of fused-ring (bicyclic) bond motifs is 1. The second kappa shape index (κ2) is 9.85. The van der Waals surface area contributed by atoms with Gasteiger partial charge in [-0.05, 0) is 30.3 Å². The Kier molecular flexibility index (Phi) is 6.69. The predicted molar refractivity (Wildman–Crippen MR) is 130 cm³/mol. The normalized spacial score (nSPS) is 11.6. The molecule has 180 valence electrons. The Morgan fingerprint density at radius 3 is 2.43 bits per heavy atom. The van der Waals surface area contributed by atoms with Gasteiger partial charge in [-0.1, -0.05) is 36.4 Å². The van der Waals surface area contributed by atoms with Gasteiger partial charge in [0, 0.05) is 11.5 Å². The summed E-state index contributed by atoms with van der Waals surface area (Å²) < 4.78 is 38.6. The molecule has 0 unspecified atom stereocenters. The number of para-hydroxylation sites is 1. The second-order valence-corrected chi connectivity index (χ2v) is 9.19. The molecular formula is C24H22N4O6S. The fraction of sp³-hybridized carbons (Fsp3) is 0.125. The van der Waals surface area contributed by atoms with Gasteiger partial charge in [-0.25, -0.2) is 8.42 Å². The fourth-order valence-corrected chi connectivity index (χ4v) is 4.92. The monoisotopic (exact) mass is 494 g/mol. The van der Waals surface area contributed by atoms with Crippen molar-refractivity contribution in [3.05, 3.63) is 72.8 Å². The van der Waals surface area contributed by atoms with Crippen molar-refractivity contribution in [2.75, 3.05) is 25.1 Å². The SMILES string of the molecule is COc1ccc(OC)c(N(CC(=O)N=Nc2c(O)[nH]c3ccccc23)S(=O)(=O)c2ccccc2)c1. The zero-order chi connectivity index (χ0) is 25.0. The number of benzene rings is 3. The maximum Gasteiger partial charge on any atom is 0.285 e. The Morgan fingerprint density at radius 1 is 1.00 bits per heavy atom. The molecule has 0 saturated carbocycles. The van der Waals surface area contributed by atoms with Gasteiger partial charge in [-0.2, -0.15) is 0 Å². The highest BCUT2D eigenvalue weighted by molar-refractivity contribution is 7.92. The van der Waals surface area contributed by atoms with Gasteiger partial charge in [0.05, 0.1) is 30.3 Å². The first-order chi connectivity index (χ1) is 16.8. The first kappa shape index (κ1) is 23.8. The van der Waals surface area contributed by atoms with Crippen molar-refractivity contribution in [3.63, 3.8) is 0 Å². The lowest BCUT2D eigenvalue weighted by Gasteiger charge is -2.25. The van der Waals surface area contributed by atoms with E-state index in [4.69, 9.17) is 9.47 Å². The molecule has 4 aromatic rings. The van der Waals surface area contributed by atoms with Crippen LogP contribution in [0.4, 0.5) is 11.4 Å². The fourth-order valence-electron chi connectivity index (χ4n) is 3.49. The second-order valence-electron chi connectivity index (χ2n) is 7.32. The first-order valence-corrected chi connectivity index (χ1v) is 11.8. The maximum absolute atomic E-state index is 13.6. The van der Waals surface area contributed by atoms with Gasteiger partial charge in [-0.3, -0.25) is 9.10 Å². The molecule has 0 saturated heterocycles. The Hall–Kier alpha value is -4.38. The highest BCUT2D eigenvalue weighted by atomic mass is 32.2. The van der Waals surface area contributed by atoms with E-state index in [0.717, 1.165) is 4.31 Å². The van der Waals surface area contributed by atoms with E-state index in [1.807, 2.05) is 0 Å². The molecule has 0 atom stereocenters. The van der Waals surface area contributed by atoms with Crippen molar-refractivity contribution in [3.8, 4) is 17.4 Å². The molecule has 0 fully saturated rings. The number of sulfonamides is 1. The molecule has 11 heteroatoms. The van der Waals surface area contributed by atoms with E-state index in [2.05, 4.69) is 15.2 Å². The lowest BCUT2D eigenvalue weighted by atomic mass is 10.2. The van der Waals surface area contributed by atoms with Crippen molar-refractivity contribution in [1.82, 2.24) is 4.98 Å². The number of hydrogen-bond acceptors (Lipinski definition) is 7. The zero-order valence-corrected chi connectivity index (χ0v) is 19.7. The third kappa shape index (κ3) is 4.80. The average Bonchev–Trinajstić information content (AvgIpc) is 3.20. The lowest BCUT2D eigenvalue weighted by molar-refractivity contribution is -0.116. The van der Waals surface area contributed by atoms with Crippen LogP contribution < -0.4 is 13.8 Å². The molecule has 1 heterocycles. The van der Waals surface area contributed by atoms with Crippen LogP contribution >= 0.6 is 0 Å². The predicted octanol–water partition coefficient (Wildman–Crippen LogP) is 4.40. The number of azo groups is 1. The number of aromatic hydroxyl groups is 1. The van der Waals surface area contributed by atoms with Gasteiger partial charge < -0.3 is 19.6 Å². The van der Waals surface area contributed by atoms with Crippen LogP contribution in [0.25, 0.3) is 10.9 Å². The van der Waals surface area contributed by atoms with Crippen molar-refractivity contribution < 1.29 is 27.8 Å². The van der Waals surface area contributed by atoms with E-state index >= 15 is 0 Å². The minimum absolute atomic E-state index is 0.0242. The number of amides is 1. The molecule has 0 aliphatic rings. The molecule has 4 rings (SSSR count). The van der Waals surface area contributed by atoms with Gasteiger partial charge in [0.1, 0.15) is 18.0 Å². The average molecular weight is 495 g/mol. The summed E-state index contributed by atoms with van der Waals surface area (Å²) in [4.78, 5) is 15.6. The largest absolute Gasteiger partial charge is 0.497 e. The third-order valence-corrected chi connectivity index (χ3v) is 6.96. The Balaban J connectivity index is 1.74. The van der Waals surface area contributed by atoms with E-state index in [9.17, 15) is 18.3 Å². The number of aromatic nitrogens is 1. The molecule has 3 aromatic carbocycles. The van der Waals surface area contributed by atoms with Crippen LogP contribution in [0.5, 0.6) is 17.4 Å². The number of aromatic amines is 1. The molecule has 0 aliphatic heterocycles. The number of hydrogen-bond donors (Lipinski definition) is 2. The molecule has 0 radical (unpaired) electrons. The first-order valence-electron chi connectivity index (χ1n) is 10.4. The molecule has 0 aliphatic carbocycles. The zero-order valence-electron chi connectivity index (χ0n) is 18.9. The topological polar surface area (TPSA) is 134 Å². The van der Waals surface area contributed by atoms with Crippen LogP contribution in [0.3, 0.4) is 0 Å². The van der Waals surface area contributed by atoms with E-state index in [0.29, 0.717) is 16.7 Å². The number of ether oxygens (including phenoxy) is 2. The Bertz CT molecular complexity index is 1500. The minimum atomic E-state index is -4.20. The highest BCUT2D eigenvalue weighted by Crippen LogP contribution is 2.37. The summed E-state index contributed by atoms with van der Waals surface area (Å²) >= 11 is 0. The molecular weight excluding hydrogens is 472 g/mol. The van der Waals surface area contributed by atoms with Gasteiger partial charge >= 0.3 is 0 Å². The van der Waals surface area contributed by atoms with E-state index in [-0.39, 0.29) is 27.9 Å². The highest BCUT2D eigenvalue weighted by Gasteiger charge is 2.30. The minimum Gasteiger partial charge on any atom is -0.497 e. The number of carbonyl (C=O) groups is 1. The molecule has 1 aromatic heterocycles. The summed E-state index contributed by atoms with van der Waals surface area (Å²) in [5, 5.41) is 18.3. The van der Waals surface area contributed by atoms with E-state index in [1.165, 1.54) is 38.5 Å². The summed E-state index contributed by atoms with van der Waals surface area (Å²) in [5.74, 6) is -0.541. The Morgan fingerprint density at radius 2 is 1.71 bits per heavy atom. The smallest absolute Gasteiger partial charge is 0.285 e. The molecule has 1 amide bonds. The van der Waals surface area contributed by atoms with Crippen molar-refractivity contribution in [2.24, 2.45) is 10.2 Å². The molecule has 0 spiro atoms. The van der Waals surface area contributed by atoms with Gasteiger partial charge in [0.2, 0.25) is 5.88 Å². The maximum atomic E-state index is 13.6. The lowest BCUT2D eigenvalue weighted by Crippen LogP contribution is -2.35. The van der Waals surface area contributed by atoms with E-state index in [1.54, 1.807) is 48.5 Å². The van der Waals surface area contributed by atoms with Crippen molar-refractivity contribution in [2.45, 2.75) is 4.90 Å². The van der Waals surface area contributed by atoms with Crippen LogP contribution in [0, 0.1) is 0 Å². The van der Waals surface area contributed by atoms with E-state index < -0.39 is 22.5 Å². The number of nitrogens with one attached hydrogen (secondary N) is 1. The summed E-state index contributed by atoms with van der Waals surface area (Å²) in [5.41, 5.74) is 0.778. The number of anilines is 1. The van der Waals surface area contributed by atoms with Crippen molar-refractivity contribution >= 4 is 38.2 Å². The van der Waals surface area contributed by atoms with Crippen LogP contribution in [0.1, 0.15) is 0 Å². The number of nitrogens with zero attached hydrogens (tertiary/aromatic N) is 3. The molecule has 0 bridgehead atoms. The van der Waals surface area contributed by atoms with Gasteiger partial charge in [-0.15, -0.1) is 10.2 Å². The number of methoxy groups -OCH3 is 2. The van der Waals surface area contributed by atoms with Crippen LogP contribution in [0.15, 0.2) is 87.9 Å². The number of rotatable bonds is 8. The third-order valence-electron chi connectivity index (χ3n) is 5.19. The van der Waals surface area contributed by atoms with Gasteiger partial charge in [0.25, 0.3) is 15.9 Å². The molecule has 2 N–H and O–H groups in total. The summed E-state index contributed by atoms with van der Waals surface area (Å²) in [6.45, 7) is -0.673. The quantitative estimate of drug-likeness (QED) is 0.349. The van der Waals surface area contributed by atoms with Crippen LogP contribution in [0.2, 0.25) is 0 Å². The number of carbonyl (C=O) groups excluding carboxylic acids is 1. The standard InChI is InChI=1S/C24H22N4O6S/c1-33-16-12-13-21(34-2)20(14-16)28(35(31,32)17-8-4-3-5-9-17)15-22(29)26-27-23-18-10-6-7-11-19(18)25-24(23)30/h3-14,25,30H,15H2,1-2H3. The van der Waals surface area contributed by atoms with Crippen LogP contribution in [-0.2, 0) is 14.8 Å². The van der Waals surface area contributed by atoms with Crippen LogP contribution in [-0.4, -0.2) is 45.2 Å². The molecule has 35 heavy (non-hydrogen) atoms. The molecule has 10 nitrogen and oxygen atoms in total. The summed E-state index contributed by atoms with van der Waals surface area (Å²) in [6, 6.07) is 19.3. The summed E-state index contributed by atoms with van der Waals surface area (Å²) in [7, 11) is -1.37.